The Balaban J connectivity index is 0.00000242. The minimum atomic E-state index is -0.176. The van der Waals surface area contributed by atoms with Crippen molar-refractivity contribution < 1.29 is 4.39 Å². The highest BCUT2D eigenvalue weighted by molar-refractivity contribution is 14.0. The highest BCUT2D eigenvalue weighted by Crippen LogP contribution is 2.48. The van der Waals surface area contributed by atoms with E-state index in [4.69, 9.17) is 4.99 Å². The zero-order chi connectivity index (χ0) is 15.3. The van der Waals surface area contributed by atoms with Crippen molar-refractivity contribution in [2.45, 2.75) is 39.0 Å². The van der Waals surface area contributed by atoms with Crippen molar-refractivity contribution >= 4 is 29.9 Å². The highest BCUT2D eigenvalue weighted by Gasteiger charge is 2.44. The summed E-state index contributed by atoms with van der Waals surface area (Å²) in [6.45, 7) is 8.95. The molecule has 1 fully saturated rings. The SMILES string of the molecule is CCNC(=NCC1(c2ccc(F)cc2)CC1)NCC(C)C.I. The lowest BCUT2D eigenvalue weighted by atomic mass is 9.96. The Kier molecular flexibility index (Phi) is 7.59. The Morgan fingerprint density at radius 2 is 1.86 bits per heavy atom. The molecule has 124 valence electrons. The molecule has 1 aliphatic carbocycles. The van der Waals surface area contributed by atoms with Crippen LogP contribution < -0.4 is 10.6 Å². The minimum absolute atomic E-state index is 0. The fraction of sp³-hybridized carbons (Fsp3) is 0.588. The Morgan fingerprint density at radius 1 is 1.23 bits per heavy atom. The topological polar surface area (TPSA) is 36.4 Å². The van der Waals surface area contributed by atoms with Crippen LogP contribution in [0.15, 0.2) is 29.3 Å². The van der Waals surface area contributed by atoms with Gasteiger partial charge in [-0.05, 0) is 43.4 Å². The summed E-state index contributed by atoms with van der Waals surface area (Å²) in [6, 6.07) is 6.88. The predicted octanol–water partition coefficient (Wildman–Crippen LogP) is 3.69. The molecule has 3 nitrogen and oxygen atoms in total. The maximum Gasteiger partial charge on any atom is 0.191 e. The van der Waals surface area contributed by atoms with Gasteiger partial charge in [0.05, 0.1) is 6.54 Å². The van der Waals surface area contributed by atoms with Gasteiger partial charge in [0.15, 0.2) is 5.96 Å². The monoisotopic (exact) mass is 419 g/mol. The van der Waals surface area contributed by atoms with Crippen LogP contribution >= 0.6 is 24.0 Å². The molecule has 2 N–H and O–H groups in total. The van der Waals surface area contributed by atoms with Gasteiger partial charge in [0.2, 0.25) is 0 Å². The van der Waals surface area contributed by atoms with Crippen LogP contribution in [-0.4, -0.2) is 25.6 Å². The number of hydrogen-bond acceptors (Lipinski definition) is 1. The third-order valence-corrected chi connectivity index (χ3v) is 3.87. The summed E-state index contributed by atoms with van der Waals surface area (Å²) in [4.78, 5) is 4.72. The van der Waals surface area contributed by atoms with Gasteiger partial charge in [-0.2, -0.15) is 0 Å². The molecule has 0 spiro atoms. The van der Waals surface area contributed by atoms with Gasteiger partial charge in [-0.15, -0.1) is 24.0 Å². The first-order valence-corrected chi connectivity index (χ1v) is 7.84. The van der Waals surface area contributed by atoms with Crippen molar-refractivity contribution in [2.24, 2.45) is 10.9 Å². The molecule has 0 aromatic heterocycles. The average molecular weight is 419 g/mol. The molecule has 0 unspecified atom stereocenters. The maximum atomic E-state index is 13.0. The van der Waals surface area contributed by atoms with Crippen molar-refractivity contribution in [3.63, 3.8) is 0 Å². The predicted molar refractivity (Wildman–Crippen MR) is 102 cm³/mol. The summed E-state index contributed by atoms with van der Waals surface area (Å²) < 4.78 is 13.0. The van der Waals surface area contributed by atoms with Crippen LogP contribution in [-0.2, 0) is 5.41 Å². The van der Waals surface area contributed by atoms with Crippen LogP contribution in [0, 0.1) is 11.7 Å². The number of guanidine groups is 1. The smallest absolute Gasteiger partial charge is 0.191 e. The first kappa shape index (κ1) is 19.2. The summed E-state index contributed by atoms with van der Waals surface area (Å²) in [6.07, 6.45) is 2.26. The molecule has 0 aliphatic heterocycles. The summed E-state index contributed by atoms with van der Waals surface area (Å²) in [5, 5.41) is 6.64. The molecular formula is C17H27FIN3. The van der Waals surface area contributed by atoms with E-state index in [1.165, 1.54) is 5.56 Å². The fourth-order valence-electron chi connectivity index (χ4n) is 2.37. The van der Waals surface area contributed by atoms with Crippen LogP contribution in [0.4, 0.5) is 4.39 Å². The minimum Gasteiger partial charge on any atom is -0.357 e. The summed E-state index contributed by atoms with van der Waals surface area (Å²) in [7, 11) is 0. The van der Waals surface area contributed by atoms with Gasteiger partial charge in [-0.1, -0.05) is 26.0 Å². The second-order valence-electron chi connectivity index (χ2n) is 6.26. The number of aliphatic imine (C=N–C) groups is 1. The Morgan fingerprint density at radius 3 is 2.36 bits per heavy atom. The van der Waals surface area contributed by atoms with E-state index < -0.39 is 0 Å². The summed E-state index contributed by atoms with van der Waals surface area (Å²) in [5.41, 5.74) is 1.32. The van der Waals surface area contributed by atoms with Gasteiger partial charge in [0.1, 0.15) is 5.82 Å². The normalized spacial score (nSPS) is 16.1. The maximum absolute atomic E-state index is 13.0. The molecule has 1 aromatic rings. The van der Waals surface area contributed by atoms with E-state index in [2.05, 4.69) is 31.4 Å². The second-order valence-corrected chi connectivity index (χ2v) is 6.26. The first-order valence-electron chi connectivity index (χ1n) is 7.84. The van der Waals surface area contributed by atoms with Gasteiger partial charge in [-0.3, -0.25) is 4.99 Å². The molecule has 0 amide bonds. The lowest BCUT2D eigenvalue weighted by Gasteiger charge is -2.16. The lowest BCUT2D eigenvalue weighted by molar-refractivity contribution is 0.610. The third-order valence-electron chi connectivity index (χ3n) is 3.87. The fourth-order valence-corrected chi connectivity index (χ4v) is 2.37. The summed E-state index contributed by atoms with van der Waals surface area (Å²) >= 11 is 0. The van der Waals surface area contributed by atoms with Crippen LogP contribution in [0.2, 0.25) is 0 Å². The zero-order valence-corrected chi connectivity index (χ0v) is 16.0. The number of benzene rings is 1. The molecule has 0 atom stereocenters. The molecule has 0 radical (unpaired) electrons. The molecule has 22 heavy (non-hydrogen) atoms. The van der Waals surface area contributed by atoms with Crippen LogP contribution in [0.1, 0.15) is 39.2 Å². The third kappa shape index (κ3) is 5.41. The second kappa shape index (κ2) is 8.70. The number of halogens is 2. The molecule has 0 saturated heterocycles. The van der Waals surface area contributed by atoms with Gasteiger partial charge in [0, 0.05) is 18.5 Å². The highest BCUT2D eigenvalue weighted by atomic mass is 127. The quantitative estimate of drug-likeness (QED) is 0.419. The van der Waals surface area contributed by atoms with Gasteiger partial charge in [0.25, 0.3) is 0 Å². The van der Waals surface area contributed by atoms with E-state index in [1.54, 1.807) is 12.1 Å². The Labute approximate surface area is 150 Å². The number of hydrogen-bond donors (Lipinski definition) is 2. The van der Waals surface area contributed by atoms with Crippen molar-refractivity contribution in [3.05, 3.63) is 35.6 Å². The Bertz CT molecular complexity index is 481. The van der Waals surface area contributed by atoms with Crippen molar-refractivity contribution in [3.8, 4) is 0 Å². The van der Waals surface area contributed by atoms with Crippen LogP contribution in [0.3, 0.4) is 0 Å². The average Bonchev–Trinajstić information content (AvgIpc) is 3.24. The number of nitrogens with zero attached hydrogens (tertiary/aromatic N) is 1. The molecule has 0 bridgehead atoms. The lowest BCUT2D eigenvalue weighted by Crippen LogP contribution is -2.39. The molecular weight excluding hydrogens is 392 g/mol. The largest absolute Gasteiger partial charge is 0.357 e. The van der Waals surface area contributed by atoms with E-state index in [9.17, 15) is 4.39 Å². The van der Waals surface area contributed by atoms with Crippen molar-refractivity contribution in [1.29, 1.82) is 0 Å². The molecule has 1 aromatic carbocycles. The molecule has 0 heterocycles. The van der Waals surface area contributed by atoms with Gasteiger partial charge >= 0.3 is 0 Å². The van der Waals surface area contributed by atoms with Crippen molar-refractivity contribution in [1.82, 2.24) is 10.6 Å². The standard InChI is InChI=1S/C17H26FN3.HI/c1-4-19-16(20-11-13(2)3)21-12-17(9-10-17)14-5-7-15(18)8-6-14;/h5-8,13H,4,9-12H2,1-3H3,(H2,19,20,21);1H. The van der Waals surface area contributed by atoms with E-state index >= 15 is 0 Å². The van der Waals surface area contributed by atoms with E-state index in [1.807, 2.05) is 12.1 Å². The van der Waals surface area contributed by atoms with Crippen LogP contribution in [0.5, 0.6) is 0 Å². The molecule has 1 saturated carbocycles. The molecule has 5 heteroatoms. The zero-order valence-electron chi connectivity index (χ0n) is 13.7. The number of nitrogens with one attached hydrogen (secondary N) is 2. The molecule has 1 aliphatic rings. The summed E-state index contributed by atoms with van der Waals surface area (Å²) in [5.74, 6) is 1.28. The van der Waals surface area contributed by atoms with Crippen molar-refractivity contribution in [2.75, 3.05) is 19.6 Å². The van der Waals surface area contributed by atoms with Gasteiger partial charge < -0.3 is 10.6 Å². The first-order chi connectivity index (χ1) is 10.1. The molecule has 2 rings (SSSR count). The van der Waals surface area contributed by atoms with Gasteiger partial charge in [-0.25, -0.2) is 4.39 Å². The van der Waals surface area contributed by atoms with E-state index in [0.29, 0.717) is 5.92 Å². The number of rotatable bonds is 6. The van der Waals surface area contributed by atoms with Crippen LogP contribution in [0.25, 0.3) is 0 Å². The van der Waals surface area contributed by atoms with E-state index in [-0.39, 0.29) is 35.2 Å². The Hall–Kier alpha value is -0.850. The van der Waals surface area contributed by atoms with E-state index in [0.717, 1.165) is 38.4 Å².